The largest absolute Gasteiger partial charge is 0.443 e. The Morgan fingerprint density at radius 1 is 1.42 bits per heavy atom. The third kappa shape index (κ3) is 5.32. The van der Waals surface area contributed by atoms with Gasteiger partial charge in [-0.05, 0) is 44.2 Å². The summed E-state index contributed by atoms with van der Waals surface area (Å²) < 4.78 is 5.54. The minimum Gasteiger partial charge on any atom is -0.443 e. The molecule has 1 saturated heterocycles. The highest BCUT2D eigenvalue weighted by Crippen LogP contribution is 2.23. The van der Waals surface area contributed by atoms with E-state index in [4.69, 9.17) is 4.42 Å². The summed E-state index contributed by atoms with van der Waals surface area (Å²) in [7, 11) is 1.79. The van der Waals surface area contributed by atoms with Crippen molar-refractivity contribution in [3.8, 4) is 10.8 Å². The molecule has 2 N–H and O–H groups in total. The number of likely N-dealkylation sites (tertiary alicyclic amines) is 1. The molecule has 0 spiro atoms. The van der Waals surface area contributed by atoms with Crippen LogP contribution in [0, 0.1) is 0 Å². The van der Waals surface area contributed by atoms with E-state index in [0.717, 1.165) is 42.1 Å². The number of hydrogen-bond donors (Lipinski definition) is 2. The van der Waals surface area contributed by atoms with Gasteiger partial charge in [0.05, 0.1) is 17.1 Å². The number of thiophene rings is 1. The van der Waals surface area contributed by atoms with Gasteiger partial charge in [0.25, 0.3) is 0 Å². The van der Waals surface area contributed by atoms with Gasteiger partial charge in [-0.1, -0.05) is 12.5 Å². The molecule has 26 heavy (non-hydrogen) atoms. The Morgan fingerprint density at radius 2 is 2.35 bits per heavy atom. The summed E-state index contributed by atoms with van der Waals surface area (Å²) in [5.74, 6) is 1.48. The van der Waals surface area contributed by atoms with E-state index in [1.165, 1.54) is 25.8 Å². The van der Waals surface area contributed by atoms with Crippen LogP contribution in [0.15, 0.2) is 33.2 Å². The summed E-state index contributed by atoms with van der Waals surface area (Å²) >= 11 is 1.63. The molecule has 1 unspecified atom stereocenters. The van der Waals surface area contributed by atoms with Crippen LogP contribution in [0.1, 0.15) is 38.3 Å². The van der Waals surface area contributed by atoms with Crippen LogP contribution in [0.25, 0.3) is 10.8 Å². The Balaban J connectivity index is 1.37. The zero-order valence-electron chi connectivity index (χ0n) is 15.7. The molecule has 1 fully saturated rings. The van der Waals surface area contributed by atoms with Crippen molar-refractivity contribution in [2.24, 2.45) is 4.99 Å². The maximum atomic E-state index is 5.54. The van der Waals surface area contributed by atoms with Crippen molar-refractivity contribution in [1.82, 2.24) is 20.5 Å². The lowest BCUT2D eigenvalue weighted by Crippen LogP contribution is -2.41. The summed E-state index contributed by atoms with van der Waals surface area (Å²) in [6.45, 7) is 6.25. The fraction of sp³-hybridized carbons (Fsp3) is 0.579. The number of rotatable bonds is 7. The zero-order valence-corrected chi connectivity index (χ0v) is 16.5. The van der Waals surface area contributed by atoms with Crippen molar-refractivity contribution in [3.05, 3.63) is 29.5 Å². The van der Waals surface area contributed by atoms with Crippen LogP contribution in [0.2, 0.25) is 0 Å². The van der Waals surface area contributed by atoms with Gasteiger partial charge in [-0.25, -0.2) is 4.98 Å². The van der Waals surface area contributed by atoms with E-state index in [1.54, 1.807) is 24.6 Å². The summed E-state index contributed by atoms with van der Waals surface area (Å²) in [5, 5.41) is 8.70. The zero-order chi connectivity index (χ0) is 18.2. The summed E-state index contributed by atoms with van der Waals surface area (Å²) in [6, 6.07) is 4.74. The average molecular weight is 376 g/mol. The quantitative estimate of drug-likeness (QED) is 0.441. The normalized spacial score (nSPS) is 18.8. The van der Waals surface area contributed by atoms with E-state index in [2.05, 4.69) is 32.4 Å². The maximum Gasteiger partial charge on any atom is 0.236 e. The summed E-state index contributed by atoms with van der Waals surface area (Å²) in [5.41, 5.74) is 0.874. The van der Waals surface area contributed by atoms with Gasteiger partial charge < -0.3 is 20.0 Å². The van der Waals surface area contributed by atoms with Crippen molar-refractivity contribution in [3.63, 3.8) is 0 Å². The first-order valence-electron chi connectivity index (χ1n) is 9.43. The highest BCUT2D eigenvalue weighted by molar-refractivity contribution is 7.13. The molecule has 0 aliphatic carbocycles. The molecule has 7 heteroatoms. The van der Waals surface area contributed by atoms with E-state index in [9.17, 15) is 0 Å². The molecule has 1 atom stereocenters. The van der Waals surface area contributed by atoms with Crippen LogP contribution >= 0.6 is 11.3 Å². The molecule has 0 aromatic carbocycles. The molecule has 0 saturated carbocycles. The number of aromatic nitrogens is 1. The number of hydrogen-bond acceptors (Lipinski definition) is 5. The minimum absolute atomic E-state index is 0.595. The predicted molar refractivity (Wildman–Crippen MR) is 108 cm³/mol. The number of aliphatic imine (C=N–C) groups is 1. The topological polar surface area (TPSA) is 65.7 Å². The molecule has 2 aromatic rings. The summed E-state index contributed by atoms with van der Waals surface area (Å²) in [4.78, 5) is 12.4. The van der Waals surface area contributed by atoms with Crippen molar-refractivity contribution in [2.45, 2.75) is 45.2 Å². The second-order valence-electron chi connectivity index (χ2n) is 6.71. The Hall–Kier alpha value is -1.86. The number of oxazole rings is 1. The van der Waals surface area contributed by atoms with E-state index in [0.29, 0.717) is 12.4 Å². The van der Waals surface area contributed by atoms with E-state index >= 15 is 0 Å². The molecule has 0 amide bonds. The standard InChI is InChI=1S/C19H29N5OS/c1-15-7-3-4-10-24(15)11-6-9-21-19(20-2)22-13-16-14-25-18(23-16)17-8-5-12-26-17/h5,8,12,14-15H,3-4,6-7,9-11,13H2,1-2H3,(H2,20,21,22). The average Bonchev–Trinajstić information content (AvgIpc) is 3.34. The Labute approximate surface area is 159 Å². The van der Waals surface area contributed by atoms with E-state index in [1.807, 2.05) is 17.5 Å². The lowest BCUT2D eigenvalue weighted by atomic mass is 10.0. The van der Waals surface area contributed by atoms with Crippen molar-refractivity contribution in [2.75, 3.05) is 26.7 Å². The number of guanidine groups is 1. The Bertz CT molecular complexity index is 682. The molecule has 0 bridgehead atoms. The maximum absolute atomic E-state index is 5.54. The fourth-order valence-electron chi connectivity index (χ4n) is 3.28. The monoisotopic (exact) mass is 375 g/mol. The second-order valence-corrected chi connectivity index (χ2v) is 7.66. The van der Waals surface area contributed by atoms with Crippen molar-refractivity contribution >= 4 is 17.3 Å². The van der Waals surface area contributed by atoms with Crippen molar-refractivity contribution < 1.29 is 4.42 Å². The second kappa shape index (κ2) is 9.73. The van der Waals surface area contributed by atoms with Gasteiger partial charge in [-0.3, -0.25) is 4.99 Å². The van der Waals surface area contributed by atoms with Crippen LogP contribution in [0.4, 0.5) is 0 Å². The third-order valence-corrected chi connectivity index (χ3v) is 5.66. The minimum atomic E-state index is 0.595. The van der Waals surface area contributed by atoms with Crippen molar-refractivity contribution in [1.29, 1.82) is 0 Å². The third-order valence-electron chi connectivity index (χ3n) is 4.80. The molecular formula is C19H29N5OS. The van der Waals surface area contributed by atoms with Crippen LogP contribution < -0.4 is 10.6 Å². The summed E-state index contributed by atoms with van der Waals surface area (Å²) in [6.07, 6.45) is 6.88. The highest BCUT2D eigenvalue weighted by Gasteiger charge is 2.17. The first-order valence-corrected chi connectivity index (χ1v) is 10.3. The first-order chi connectivity index (χ1) is 12.8. The first kappa shape index (κ1) is 18.9. The number of nitrogens with zero attached hydrogens (tertiary/aromatic N) is 3. The van der Waals surface area contributed by atoms with Gasteiger partial charge in [0.2, 0.25) is 5.89 Å². The fourth-order valence-corrected chi connectivity index (χ4v) is 3.93. The smallest absolute Gasteiger partial charge is 0.236 e. The number of piperidine rings is 1. The molecule has 142 valence electrons. The van der Waals surface area contributed by atoms with Gasteiger partial charge in [0.15, 0.2) is 5.96 Å². The molecular weight excluding hydrogens is 346 g/mol. The lowest BCUT2D eigenvalue weighted by molar-refractivity contribution is 0.159. The lowest BCUT2D eigenvalue weighted by Gasteiger charge is -2.33. The molecule has 2 aromatic heterocycles. The SMILES string of the molecule is CN=C(NCCCN1CCCCC1C)NCc1coc(-c2cccs2)n1. The molecule has 6 nitrogen and oxygen atoms in total. The van der Waals surface area contributed by atoms with E-state index < -0.39 is 0 Å². The van der Waals surface area contributed by atoms with Crippen LogP contribution in [-0.2, 0) is 6.54 Å². The van der Waals surface area contributed by atoms with Gasteiger partial charge >= 0.3 is 0 Å². The van der Waals surface area contributed by atoms with Gasteiger partial charge in [0.1, 0.15) is 6.26 Å². The molecule has 3 heterocycles. The predicted octanol–water partition coefficient (Wildman–Crippen LogP) is 3.33. The van der Waals surface area contributed by atoms with Gasteiger partial charge in [-0.15, -0.1) is 11.3 Å². The van der Waals surface area contributed by atoms with E-state index in [-0.39, 0.29) is 0 Å². The molecule has 1 aliphatic rings. The van der Waals surface area contributed by atoms with Crippen LogP contribution in [-0.4, -0.2) is 48.6 Å². The van der Waals surface area contributed by atoms with Crippen LogP contribution in [0.5, 0.6) is 0 Å². The number of nitrogens with one attached hydrogen (secondary N) is 2. The molecule has 3 rings (SSSR count). The van der Waals surface area contributed by atoms with Gasteiger partial charge in [0, 0.05) is 26.2 Å². The van der Waals surface area contributed by atoms with Crippen LogP contribution in [0.3, 0.4) is 0 Å². The Kier molecular flexibility index (Phi) is 7.08. The highest BCUT2D eigenvalue weighted by atomic mass is 32.1. The molecule has 0 radical (unpaired) electrons. The van der Waals surface area contributed by atoms with Gasteiger partial charge in [-0.2, -0.15) is 0 Å². The Morgan fingerprint density at radius 3 is 3.12 bits per heavy atom. The molecule has 1 aliphatic heterocycles.